The van der Waals surface area contributed by atoms with Gasteiger partial charge in [-0.3, -0.25) is 0 Å². The van der Waals surface area contributed by atoms with E-state index in [1.807, 2.05) is 0 Å². The van der Waals surface area contributed by atoms with Crippen LogP contribution in [0.5, 0.6) is 0 Å². The van der Waals surface area contributed by atoms with Crippen LogP contribution < -0.4 is 5.73 Å². The van der Waals surface area contributed by atoms with Crippen molar-refractivity contribution in [2.75, 3.05) is 6.54 Å². The van der Waals surface area contributed by atoms with E-state index in [1.54, 1.807) is 16.8 Å². The maximum absolute atomic E-state index is 12.7. The summed E-state index contributed by atoms with van der Waals surface area (Å²) in [5.74, 6) is 0.385. The summed E-state index contributed by atoms with van der Waals surface area (Å²) in [6.07, 6.45) is 0.588. The van der Waals surface area contributed by atoms with Crippen LogP contribution in [0.1, 0.15) is 5.82 Å². The van der Waals surface area contributed by atoms with E-state index in [9.17, 15) is 4.39 Å². The molecule has 0 saturated carbocycles. The van der Waals surface area contributed by atoms with Gasteiger partial charge in [0.25, 0.3) is 0 Å². The van der Waals surface area contributed by atoms with E-state index in [0.717, 1.165) is 5.69 Å². The second-order valence-corrected chi connectivity index (χ2v) is 3.02. The van der Waals surface area contributed by atoms with Gasteiger partial charge >= 0.3 is 0 Å². The van der Waals surface area contributed by atoms with Gasteiger partial charge in [-0.25, -0.2) is 4.39 Å². The van der Waals surface area contributed by atoms with Crippen molar-refractivity contribution < 1.29 is 4.39 Å². The Morgan fingerprint density at radius 1 is 1.27 bits per heavy atom. The largest absolute Gasteiger partial charge is 0.330 e. The molecule has 0 amide bonds. The Hall–Kier alpha value is -1.82. The van der Waals surface area contributed by atoms with Gasteiger partial charge in [0.1, 0.15) is 5.82 Å². The SMILES string of the molecule is NCCc1nnnn1-c1ccc(F)cc1. The fourth-order valence-corrected chi connectivity index (χ4v) is 1.27. The predicted octanol–water partition coefficient (Wildman–Crippen LogP) is 0.303. The van der Waals surface area contributed by atoms with Crippen LogP contribution in [0.2, 0.25) is 0 Å². The van der Waals surface area contributed by atoms with Crippen molar-refractivity contribution in [3.63, 3.8) is 0 Å². The Bertz CT molecular complexity index is 436. The number of aromatic nitrogens is 4. The Morgan fingerprint density at radius 2 is 2.00 bits per heavy atom. The first-order chi connectivity index (χ1) is 7.31. The average Bonchev–Trinajstić information content (AvgIpc) is 2.68. The number of nitrogens with two attached hydrogens (primary N) is 1. The molecule has 6 heteroatoms. The summed E-state index contributed by atoms with van der Waals surface area (Å²) >= 11 is 0. The van der Waals surface area contributed by atoms with Crippen LogP contribution in [0.25, 0.3) is 5.69 Å². The van der Waals surface area contributed by atoms with E-state index in [4.69, 9.17) is 5.73 Å². The first-order valence-corrected chi connectivity index (χ1v) is 4.54. The van der Waals surface area contributed by atoms with Crippen molar-refractivity contribution in [2.24, 2.45) is 5.73 Å². The molecule has 0 aliphatic carbocycles. The summed E-state index contributed by atoms with van der Waals surface area (Å²) in [5, 5.41) is 11.2. The molecule has 0 atom stereocenters. The number of nitrogens with zero attached hydrogens (tertiary/aromatic N) is 4. The van der Waals surface area contributed by atoms with E-state index >= 15 is 0 Å². The quantitative estimate of drug-likeness (QED) is 0.786. The lowest BCUT2D eigenvalue weighted by Gasteiger charge is -2.02. The van der Waals surface area contributed by atoms with Gasteiger partial charge in [-0.15, -0.1) is 5.10 Å². The van der Waals surface area contributed by atoms with E-state index in [2.05, 4.69) is 15.5 Å². The molecular formula is C9H10FN5. The average molecular weight is 207 g/mol. The minimum absolute atomic E-state index is 0.285. The molecule has 0 aliphatic rings. The highest BCUT2D eigenvalue weighted by Crippen LogP contribution is 2.08. The highest BCUT2D eigenvalue weighted by Gasteiger charge is 2.06. The van der Waals surface area contributed by atoms with E-state index < -0.39 is 0 Å². The zero-order valence-corrected chi connectivity index (χ0v) is 7.97. The molecule has 0 fully saturated rings. The van der Waals surface area contributed by atoms with Crippen LogP contribution in [0.4, 0.5) is 4.39 Å². The van der Waals surface area contributed by atoms with Crippen LogP contribution in [-0.4, -0.2) is 26.8 Å². The van der Waals surface area contributed by atoms with Gasteiger partial charge in [0.15, 0.2) is 5.82 Å². The molecule has 0 aliphatic heterocycles. The van der Waals surface area contributed by atoms with Gasteiger partial charge < -0.3 is 5.73 Å². The number of benzene rings is 1. The first-order valence-electron chi connectivity index (χ1n) is 4.54. The maximum Gasteiger partial charge on any atom is 0.157 e. The Kier molecular flexibility index (Phi) is 2.68. The molecule has 78 valence electrons. The Labute approximate surface area is 85.7 Å². The molecule has 0 radical (unpaired) electrons. The summed E-state index contributed by atoms with van der Waals surface area (Å²) in [5.41, 5.74) is 6.15. The molecular weight excluding hydrogens is 197 g/mol. The first kappa shape index (κ1) is 9.72. The molecule has 5 nitrogen and oxygen atoms in total. The Morgan fingerprint density at radius 3 is 2.67 bits per heavy atom. The molecule has 1 aromatic carbocycles. The monoisotopic (exact) mass is 207 g/mol. The predicted molar refractivity (Wildman–Crippen MR) is 51.9 cm³/mol. The van der Waals surface area contributed by atoms with Crippen molar-refractivity contribution in [3.8, 4) is 5.69 Å². The van der Waals surface area contributed by atoms with Gasteiger partial charge in [0, 0.05) is 6.42 Å². The highest BCUT2D eigenvalue weighted by atomic mass is 19.1. The van der Waals surface area contributed by atoms with Crippen molar-refractivity contribution in [3.05, 3.63) is 35.9 Å². The third-order valence-corrected chi connectivity index (χ3v) is 1.97. The normalized spacial score (nSPS) is 10.5. The van der Waals surface area contributed by atoms with E-state index in [1.165, 1.54) is 12.1 Å². The third kappa shape index (κ3) is 1.99. The molecule has 2 aromatic rings. The van der Waals surface area contributed by atoms with Crippen LogP contribution >= 0.6 is 0 Å². The molecule has 1 heterocycles. The van der Waals surface area contributed by atoms with Crippen molar-refractivity contribution >= 4 is 0 Å². The van der Waals surface area contributed by atoms with Gasteiger partial charge in [-0.05, 0) is 41.2 Å². The third-order valence-electron chi connectivity index (χ3n) is 1.97. The molecule has 0 unspecified atom stereocenters. The minimum atomic E-state index is -0.285. The highest BCUT2D eigenvalue weighted by molar-refractivity contribution is 5.31. The molecule has 2 N–H and O–H groups in total. The second kappa shape index (κ2) is 4.14. The topological polar surface area (TPSA) is 69.6 Å². The van der Waals surface area contributed by atoms with Gasteiger partial charge in [0.05, 0.1) is 5.69 Å². The van der Waals surface area contributed by atoms with Crippen LogP contribution in [0.15, 0.2) is 24.3 Å². The number of halogens is 1. The summed E-state index contributed by atoms with van der Waals surface area (Å²) in [4.78, 5) is 0. The maximum atomic E-state index is 12.7. The van der Waals surface area contributed by atoms with Crippen LogP contribution in [0.3, 0.4) is 0 Å². The zero-order valence-electron chi connectivity index (χ0n) is 7.97. The molecule has 15 heavy (non-hydrogen) atoms. The lowest BCUT2D eigenvalue weighted by atomic mass is 10.3. The van der Waals surface area contributed by atoms with Crippen molar-refractivity contribution in [2.45, 2.75) is 6.42 Å². The van der Waals surface area contributed by atoms with Crippen molar-refractivity contribution in [1.29, 1.82) is 0 Å². The lowest BCUT2D eigenvalue weighted by Crippen LogP contribution is -2.09. The molecule has 1 aromatic heterocycles. The number of rotatable bonds is 3. The molecule has 0 bridgehead atoms. The summed E-state index contributed by atoms with van der Waals surface area (Å²) in [7, 11) is 0. The lowest BCUT2D eigenvalue weighted by molar-refractivity contribution is 0.626. The number of hydrogen-bond donors (Lipinski definition) is 1. The molecule has 2 rings (SSSR count). The van der Waals surface area contributed by atoms with E-state index in [0.29, 0.717) is 18.8 Å². The summed E-state index contributed by atoms with van der Waals surface area (Å²) in [6.45, 7) is 0.474. The molecule has 0 saturated heterocycles. The summed E-state index contributed by atoms with van der Waals surface area (Å²) < 4.78 is 14.2. The summed E-state index contributed by atoms with van der Waals surface area (Å²) in [6, 6.07) is 5.96. The van der Waals surface area contributed by atoms with Gasteiger partial charge in [-0.2, -0.15) is 4.68 Å². The number of hydrogen-bond acceptors (Lipinski definition) is 4. The van der Waals surface area contributed by atoms with Crippen LogP contribution in [0, 0.1) is 5.82 Å². The smallest absolute Gasteiger partial charge is 0.157 e. The number of tetrazole rings is 1. The fourth-order valence-electron chi connectivity index (χ4n) is 1.27. The standard InChI is InChI=1S/C9H10FN5/c10-7-1-3-8(4-2-7)15-9(5-6-11)12-13-14-15/h1-4H,5-6,11H2. The second-order valence-electron chi connectivity index (χ2n) is 3.02. The van der Waals surface area contributed by atoms with Gasteiger partial charge in [0.2, 0.25) is 0 Å². The van der Waals surface area contributed by atoms with E-state index in [-0.39, 0.29) is 5.82 Å². The zero-order chi connectivity index (χ0) is 10.7. The fraction of sp³-hybridized carbons (Fsp3) is 0.222. The molecule has 0 spiro atoms. The Balaban J connectivity index is 2.36. The minimum Gasteiger partial charge on any atom is -0.330 e. The van der Waals surface area contributed by atoms with Crippen molar-refractivity contribution in [1.82, 2.24) is 20.2 Å². The van der Waals surface area contributed by atoms with Gasteiger partial charge in [-0.1, -0.05) is 0 Å². The van der Waals surface area contributed by atoms with Crippen LogP contribution in [-0.2, 0) is 6.42 Å².